The summed E-state index contributed by atoms with van der Waals surface area (Å²) in [5.41, 5.74) is -2.26. The highest BCUT2D eigenvalue weighted by Gasteiger charge is 2.42. The molecule has 0 bridgehead atoms. The molecule has 2 aromatic carbocycles. The molecule has 33 heavy (non-hydrogen) atoms. The minimum absolute atomic E-state index is 0.0944. The lowest BCUT2D eigenvalue weighted by Crippen LogP contribution is -2.40. The van der Waals surface area contributed by atoms with Crippen LogP contribution >= 0.6 is 22.9 Å². The third kappa shape index (κ3) is 4.64. The van der Waals surface area contributed by atoms with Crippen LogP contribution in [0.4, 0.5) is 26.3 Å². The highest BCUT2D eigenvalue weighted by atomic mass is 35.5. The molecule has 0 saturated heterocycles. The number of alkyl halides is 6. The van der Waals surface area contributed by atoms with Crippen LogP contribution in [-0.2, 0) is 28.8 Å². The molecule has 0 aliphatic carbocycles. The lowest BCUT2D eigenvalue weighted by molar-refractivity contribution is -0.143. The molecule has 3 aromatic rings. The van der Waals surface area contributed by atoms with Crippen LogP contribution in [-0.4, -0.2) is 19.3 Å². The van der Waals surface area contributed by atoms with Crippen molar-refractivity contribution in [3.8, 4) is 0 Å². The Morgan fingerprint density at radius 1 is 0.909 bits per heavy atom. The van der Waals surface area contributed by atoms with Crippen LogP contribution in [0.2, 0.25) is 5.02 Å². The Labute approximate surface area is 194 Å². The van der Waals surface area contributed by atoms with Crippen LogP contribution < -0.4 is 0 Å². The first-order valence-corrected chi connectivity index (χ1v) is 12.1. The molecule has 4 rings (SSSR count). The van der Waals surface area contributed by atoms with E-state index in [9.17, 15) is 34.8 Å². The van der Waals surface area contributed by atoms with E-state index in [-0.39, 0.29) is 31.2 Å². The molecule has 1 aliphatic heterocycles. The first kappa shape index (κ1) is 24.1. The number of fused-ring (bicyclic) bond motifs is 1. The Kier molecular flexibility index (Phi) is 6.05. The zero-order chi connectivity index (χ0) is 24.2. The summed E-state index contributed by atoms with van der Waals surface area (Å²) in [5.74, 6) is 0. The summed E-state index contributed by atoms with van der Waals surface area (Å²) >= 11 is 7.33. The fourth-order valence-electron chi connectivity index (χ4n) is 3.75. The molecular weight excluding hydrogens is 512 g/mol. The smallest absolute Gasteiger partial charge is 0.207 e. The van der Waals surface area contributed by atoms with Crippen LogP contribution in [0.1, 0.15) is 33.2 Å². The molecule has 176 valence electrons. The molecule has 0 spiro atoms. The van der Waals surface area contributed by atoms with Crippen molar-refractivity contribution in [2.24, 2.45) is 0 Å². The third-order valence-corrected chi connectivity index (χ3v) is 8.37. The molecule has 0 radical (unpaired) electrons. The Morgan fingerprint density at radius 3 is 2.03 bits per heavy atom. The zero-order valence-electron chi connectivity index (χ0n) is 16.4. The van der Waals surface area contributed by atoms with Gasteiger partial charge in [0, 0.05) is 16.4 Å². The van der Waals surface area contributed by atoms with Gasteiger partial charge in [0.1, 0.15) is 0 Å². The van der Waals surface area contributed by atoms with Gasteiger partial charge in [0.15, 0.2) is 0 Å². The molecule has 1 atom stereocenters. The maximum Gasteiger partial charge on any atom is 0.416 e. The van der Waals surface area contributed by atoms with Crippen LogP contribution in [0, 0.1) is 0 Å². The molecule has 1 aromatic heterocycles. The van der Waals surface area contributed by atoms with Gasteiger partial charge in [0.2, 0.25) is 10.0 Å². The van der Waals surface area contributed by atoms with Gasteiger partial charge >= 0.3 is 12.4 Å². The largest absolute Gasteiger partial charge is 0.416 e. The number of rotatable bonds is 3. The van der Waals surface area contributed by atoms with E-state index in [1.165, 1.54) is 23.5 Å². The molecule has 3 nitrogen and oxygen atoms in total. The van der Waals surface area contributed by atoms with Crippen LogP contribution in [0.25, 0.3) is 0 Å². The molecule has 0 N–H and O–H groups in total. The van der Waals surface area contributed by atoms with E-state index in [4.69, 9.17) is 11.6 Å². The number of halogens is 7. The van der Waals surface area contributed by atoms with E-state index >= 15 is 0 Å². The summed E-state index contributed by atoms with van der Waals surface area (Å²) in [5, 5.41) is 2.15. The van der Waals surface area contributed by atoms with Gasteiger partial charge in [-0.05, 0) is 59.3 Å². The lowest BCUT2D eigenvalue weighted by atomic mass is 9.95. The average molecular weight is 526 g/mol. The van der Waals surface area contributed by atoms with Crippen LogP contribution in [0.3, 0.4) is 0 Å². The standard InChI is InChI=1S/C21H14ClF6NO2S2/c22-15-3-1-12(2-4-15)19-17-6-8-32-18(17)5-7-29(19)33(30,31)16-10-13(20(23,24)25)9-14(11-16)21(26,27)28/h1-4,6,8-11,19H,5,7H2/t19-/m0/s1. The van der Waals surface area contributed by atoms with E-state index in [1.807, 2.05) is 0 Å². The maximum absolute atomic E-state index is 13.5. The summed E-state index contributed by atoms with van der Waals surface area (Å²) in [6.45, 7) is -0.110. The molecule has 0 unspecified atom stereocenters. The fraction of sp³-hybridized carbons (Fsp3) is 0.238. The van der Waals surface area contributed by atoms with Gasteiger partial charge in [0.25, 0.3) is 0 Å². The van der Waals surface area contributed by atoms with Gasteiger partial charge < -0.3 is 0 Å². The lowest BCUT2D eigenvalue weighted by Gasteiger charge is -2.35. The van der Waals surface area contributed by atoms with Gasteiger partial charge in [-0.25, -0.2) is 8.42 Å². The van der Waals surface area contributed by atoms with Crippen molar-refractivity contribution in [1.29, 1.82) is 0 Å². The maximum atomic E-state index is 13.5. The molecule has 2 heterocycles. The van der Waals surface area contributed by atoms with Crippen molar-refractivity contribution >= 4 is 33.0 Å². The van der Waals surface area contributed by atoms with Gasteiger partial charge in [0.05, 0.1) is 22.1 Å². The van der Waals surface area contributed by atoms with Crippen LogP contribution in [0.5, 0.6) is 0 Å². The topological polar surface area (TPSA) is 37.4 Å². The van der Waals surface area contributed by atoms with Crippen molar-refractivity contribution in [1.82, 2.24) is 4.31 Å². The van der Waals surface area contributed by atoms with E-state index in [0.29, 0.717) is 16.1 Å². The average Bonchev–Trinajstić information content (AvgIpc) is 3.21. The highest BCUT2D eigenvalue weighted by Crippen LogP contribution is 2.43. The van der Waals surface area contributed by atoms with Crippen molar-refractivity contribution in [2.45, 2.75) is 29.7 Å². The van der Waals surface area contributed by atoms with Crippen molar-refractivity contribution in [3.63, 3.8) is 0 Å². The predicted octanol–water partition coefficient (Wildman–Crippen LogP) is 6.78. The molecule has 0 fully saturated rings. The number of benzene rings is 2. The minimum atomic E-state index is -5.16. The highest BCUT2D eigenvalue weighted by molar-refractivity contribution is 7.89. The van der Waals surface area contributed by atoms with Crippen molar-refractivity contribution in [2.75, 3.05) is 6.54 Å². The van der Waals surface area contributed by atoms with Gasteiger partial charge in [-0.15, -0.1) is 11.3 Å². The summed E-state index contributed by atoms with van der Waals surface area (Å²) in [4.78, 5) is -0.177. The summed E-state index contributed by atoms with van der Waals surface area (Å²) < 4.78 is 108. The Hall–Kier alpha value is -2.08. The molecule has 12 heteroatoms. The zero-order valence-corrected chi connectivity index (χ0v) is 18.8. The fourth-order valence-corrected chi connectivity index (χ4v) is 6.45. The summed E-state index contributed by atoms with van der Waals surface area (Å²) in [7, 11) is -4.75. The third-order valence-electron chi connectivity index (χ3n) is 5.28. The van der Waals surface area contributed by atoms with E-state index in [2.05, 4.69) is 0 Å². The van der Waals surface area contributed by atoms with E-state index in [0.717, 1.165) is 9.18 Å². The summed E-state index contributed by atoms with van der Waals surface area (Å²) in [6.07, 6.45) is -10.0. The molecular formula is C21H14ClF6NO2S2. The normalized spacial score (nSPS) is 17.7. The second-order valence-corrected chi connectivity index (χ2v) is 10.7. The molecule has 0 saturated carbocycles. The Balaban J connectivity index is 1.89. The van der Waals surface area contributed by atoms with Gasteiger partial charge in [-0.3, -0.25) is 0 Å². The Bertz CT molecular complexity index is 1250. The van der Waals surface area contributed by atoms with Crippen molar-refractivity contribution in [3.05, 3.63) is 86.1 Å². The van der Waals surface area contributed by atoms with Gasteiger partial charge in [-0.2, -0.15) is 30.6 Å². The number of sulfonamides is 1. The van der Waals surface area contributed by atoms with E-state index < -0.39 is 44.4 Å². The molecule has 1 aliphatic rings. The number of nitrogens with zero attached hydrogens (tertiary/aromatic N) is 1. The second-order valence-electron chi connectivity index (χ2n) is 7.36. The summed E-state index contributed by atoms with van der Waals surface area (Å²) in [6, 6.07) is 7.40. The van der Waals surface area contributed by atoms with Gasteiger partial charge in [-0.1, -0.05) is 23.7 Å². The minimum Gasteiger partial charge on any atom is -0.207 e. The van der Waals surface area contributed by atoms with Crippen LogP contribution in [0.15, 0.2) is 58.8 Å². The molecule has 0 amide bonds. The van der Waals surface area contributed by atoms with E-state index in [1.54, 1.807) is 23.6 Å². The first-order valence-electron chi connectivity index (χ1n) is 9.41. The number of hydrogen-bond acceptors (Lipinski definition) is 3. The van der Waals surface area contributed by atoms with Crippen molar-refractivity contribution < 1.29 is 34.8 Å². The first-order chi connectivity index (χ1) is 15.3. The number of hydrogen-bond donors (Lipinski definition) is 0. The predicted molar refractivity (Wildman–Crippen MR) is 112 cm³/mol. The number of thiophene rings is 1. The Morgan fingerprint density at radius 2 is 1.48 bits per heavy atom. The monoisotopic (exact) mass is 525 g/mol. The second kappa shape index (κ2) is 8.30. The quantitative estimate of drug-likeness (QED) is 0.354. The SMILES string of the molecule is O=S(=O)(c1cc(C(F)(F)F)cc(C(F)(F)F)c1)N1CCc2sccc2[C@@H]1c1ccc(Cl)cc1.